The number of benzene rings is 4. The molecule has 5 aromatic rings. The molecule has 1 aromatic heterocycles. The predicted molar refractivity (Wildman–Crippen MR) is 161 cm³/mol. The minimum atomic E-state index is -0.533. The van der Waals surface area contributed by atoms with E-state index in [0.717, 1.165) is 10.8 Å². The molecule has 8 nitrogen and oxygen atoms in total. The fourth-order valence-electron chi connectivity index (χ4n) is 4.81. The van der Waals surface area contributed by atoms with Crippen molar-refractivity contribution in [1.82, 2.24) is 19.4 Å². The molecule has 0 bridgehead atoms. The van der Waals surface area contributed by atoms with E-state index in [-0.39, 0.29) is 11.6 Å². The maximum Gasteiger partial charge on any atom is 0.322 e. The first-order valence-electron chi connectivity index (χ1n) is 13.2. The molecule has 0 saturated carbocycles. The molecular weight excluding hydrogens is 502 g/mol. The van der Waals surface area contributed by atoms with Crippen LogP contribution in [0.4, 0.5) is 10.5 Å². The second-order valence-corrected chi connectivity index (χ2v) is 9.99. The van der Waals surface area contributed by atoms with Crippen LogP contribution in [0.2, 0.25) is 0 Å². The fourth-order valence-corrected chi connectivity index (χ4v) is 4.81. The SMILES string of the molecule is COc1cccc(NC(=O)N(CCN(C)C)C(C)c2nc3ccccc3c(=O)n2-c2ccc3ccccc3c2)c1. The summed E-state index contributed by atoms with van der Waals surface area (Å²) in [7, 11) is 5.51. The zero-order chi connectivity index (χ0) is 28.2. The number of nitrogens with zero attached hydrogens (tertiary/aromatic N) is 4. The zero-order valence-corrected chi connectivity index (χ0v) is 23.2. The zero-order valence-electron chi connectivity index (χ0n) is 23.2. The number of methoxy groups -OCH3 is 1. The molecule has 0 radical (unpaired) electrons. The topological polar surface area (TPSA) is 79.7 Å². The van der Waals surface area contributed by atoms with Crippen molar-refractivity contribution in [3.8, 4) is 11.4 Å². The van der Waals surface area contributed by atoms with Crippen LogP contribution in [0.25, 0.3) is 27.4 Å². The van der Waals surface area contributed by atoms with Crippen LogP contribution in [0, 0.1) is 0 Å². The van der Waals surface area contributed by atoms with Crippen LogP contribution < -0.4 is 15.6 Å². The van der Waals surface area contributed by atoms with Crippen molar-refractivity contribution in [3.63, 3.8) is 0 Å². The molecule has 1 N–H and O–H groups in total. The standard InChI is InChI=1S/C32H33N5O3/c1-22(36(19-18-35(2)3)32(39)33-25-12-9-13-27(21-25)40-4)30-34-29-15-8-7-14-28(29)31(38)37(30)26-17-16-23-10-5-6-11-24(23)20-26/h5-17,20-22H,18-19H2,1-4H3,(H,33,39). The Balaban J connectivity index is 1.63. The van der Waals surface area contributed by atoms with Gasteiger partial charge in [-0.15, -0.1) is 0 Å². The lowest BCUT2D eigenvalue weighted by Crippen LogP contribution is -2.43. The molecule has 204 valence electrons. The molecule has 5 rings (SSSR count). The number of likely N-dealkylation sites (N-methyl/N-ethyl adjacent to an activating group) is 1. The van der Waals surface area contributed by atoms with Crippen molar-refractivity contribution < 1.29 is 9.53 Å². The van der Waals surface area contributed by atoms with Crippen molar-refractivity contribution >= 4 is 33.4 Å². The monoisotopic (exact) mass is 535 g/mol. The highest BCUT2D eigenvalue weighted by Crippen LogP contribution is 2.26. The number of nitrogens with one attached hydrogen (secondary N) is 1. The number of hydrogen-bond acceptors (Lipinski definition) is 5. The third-order valence-electron chi connectivity index (χ3n) is 7.00. The Hall–Kier alpha value is -4.69. The summed E-state index contributed by atoms with van der Waals surface area (Å²) in [4.78, 5) is 36.4. The molecule has 1 atom stereocenters. The van der Waals surface area contributed by atoms with Crippen LogP contribution in [-0.2, 0) is 0 Å². The summed E-state index contributed by atoms with van der Waals surface area (Å²) < 4.78 is 6.96. The smallest absolute Gasteiger partial charge is 0.322 e. The first kappa shape index (κ1) is 26.9. The quantitative estimate of drug-likeness (QED) is 0.276. The van der Waals surface area contributed by atoms with Crippen molar-refractivity contribution in [2.45, 2.75) is 13.0 Å². The third-order valence-corrected chi connectivity index (χ3v) is 7.00. The van der Waals surface area contributed by atoms with Gasteiger partial charge in [0.2, 0.25) is 0 Å². The van der Waals surface area contributed by atoms with E-state index in [2.05, 4.69) is 5.32 Å². The van der Waals surface area contributed by atoms with Gasteiger partial charge < -0.3 is 19.9 Å². The normalized spacial score (nSPS) is 12.0. The molecule has 0 aliphatic rings. The summed E-state index contributed by atoms with van der Waals surface area (Å²) in [6, 6.07) is 27.7. The maximum absolute atomic E-state index is 14.0. The number of rotatable bonds is 8. The lowest BCUT2D eigenvalue weighted by atomic mass is 10.1. The first-order chi connectivity index (χ1) is 19.4. The van der Waals surface area contributed by atoms with Crippen LogP contribution >= 0.6 is 0 Å². The van der Waals surface area contributed by atoms with Gasteiger partial charge in [-0.2, -0.15) is 0 Å². The minimum Gasteiger partial charge on any atom is -0.497 e. The average molecular weight is 536 g/mol. The number of hydrogen-bond donors (Lipinski definition) is 1. The molecule has 0 saturated heterocycles. The summed E-state index contributed by atoms with van der Waals surface area (Å²) in [6.07, 6.45) is 0. The van der Waals surface area contributed by atoms with E-state index in [9.17, 15) is 9.59 Å². The van der Waals surface area contributed by atoms with Gasteiger partial charge in [-0.3, -0.25) is 9.36 Å². The highest BCUT2D eigenvalue weighted by atomic mass is 16.5. The minimum absolute atomic E-state index is 0.177. The van der Waals surface area contributed by atoms with Crippen molar-refractivity contribution in [3.05, 3.63) is 107 Å². The van der Waals surface area contributed by atoms with E-state index in [1.54, 1.807) is 28.7 Å². The molecular formula is C32H33N5O3. The Morgan fingerprint density at radius 3 is 2.45 bits per heavy atom. The lowest BCUT2D eigenvalue weighted by molar-refractivity contribution is 0.181. The molecule has 1 unspecified atom stereocenters. The Kier molecular flexibility index (Phi) is 7.79. The number of aromatic nitrogens is 2. The average Bonchev–Trinajstić information content (AvgIpc) is 2.96. The number of amides is 2. The summed E-state index contributed by atoms with van der Waals surface area (Å²) in [6.45, 7) is 2.96. The van der Waals surface area contributed by atoms with Crippen LogP contribution in [-0.4, -0.2) is 59.7 Å². The van der Waals surface area contributed by atoms with Crippen molar-refractivity contribution in [2.24, 2.45) is 0 Å². The van der Waals surface area contributed by atoms with Gasteiger partial charge in [0.15, 0.2) is 0 Å². The van der Waals surface area contributed by atoms with Crippen molar-refractivity contribution in [1.29, 1.82) is 0 Å². The van der Waals surface area contributed by atoms with Crippen molar-refractivity contribution in [2.75, 3.05) is 39.6 Å². The van der Waals surface area contributed by atoms with Gasteiger partial charge >= 0.3 is 6.03 Å². The van der Waals surface area contributed by atoms with Gasteiger partial charge in [-0.25, -0.2) is 9.78 Å². The molecule has 0 fully saturated rings. The summed E-state index contributed by atoms with van der Waals surface area (Å²) in [5, 5.41) is 5.61. The van der Waals surface area contributed by atoms with E-state index in [1.165, 1.54) is 0 Å². The molecule has 4 aromatic carbocycles. The van der Waals surface area contributed by atoms with Crippen LogP contribution in [0.15, 0.2) is 95.8 Å². The molecule has 0 spiro atoms. The third kappa shape index (κ3) is 5.53. The van der Waals surface area contributed by atoms with Gasteiger partial charge in [0.25, 0.3) is 5.56 Å². The van der Waals surface area contributed by atoms with Gasteiger partial charge in [0, 0.05) is 24.8 Å². The van der Waals surface area contributed by atoms with Crippen LogP contribution in [0.1, 0.15) is 18.8 Å². The summed E-state index contributed by atoms with van der Waals surface area (Å²) in [5.41, 5.74) is 1.73. The molecule has 8 heteroatoms. The second-order valence-electron chi connectivity index (χ2n) is 9.99. The molecule has 0 aliphatic carbocycles. The summed E-state index contributed by atoms with van der Waals surface area (Å²) in [5.74, 6) is 1.13. The number of urea groups is 1. The number of fused-ring (bicyclic) bond motifs is 2. The van der Waals surface area contributed by atoms with E-state index in [1.807, 2.05) is 105 Å². The second kappa shape index (κ2) is 11.6. The molecule has 1 heterocycles. The van der Waals surface area contributed by atoms with Crippen LogP contribution in [0.5, 0.6) is 5.75 Å². The van der Waals surface area contributed by atoms with Gasteiger partial charge in [0.05, 0.1) is 29.7 Å². The molecule has 2 amide bonds. The Morgan fingerprint density at radius 2 is 1.68 bits per heavy atom. The number of carbonyl (C=O) groups is 1. The number of ether oxygens (including phenoxy) is 1. The van der Waals surface area contributed by atoms with Gasteiger partial charge in [0.1, 0.15) is 11.6 Å². The Labute approximate surface area is 233 Å². The van der Waals surface area contributed by atoms with Gasteiger partial charge in [-0.05, 0) is 68.2 Å². The Morgan fingerprint density at radius 1 is 0.925 bits per heavy atom. The highest BCUT2D eigenvalue weighted by molar-refractivity contribution is 5.90. The Bertz CT molecular complexity index is 1730. The lowest BCUT2D eigenvalue weighted by Gasteiger charge is -2.31. The number of para-hydroxylation sites is 1. The largest absolute Gasteiger partial charge is 0.497 e. The van der Waals surface area contributed by atoms with Crippen LogP contribution in [0.3, 0.4) is 0 Å². The molecule has 0 aliphatic heterocycles. The molecule has 40 heavy (non-hydrogen) atoms. The number of anilines is 1. The predicted octanol–water partition coefficient (Wildman–Crippen LogP) is 5.70. The number of carbonyl (C=O) groups excluding carboxylic acids is 1. The van der Waals surface area contributed by atoms with E-state index >= 15 is 0 Å². The highest BCUT2D eigenvalue weighted by Gasteiger charge is 2.27. The fraction of sp³-hybridized carbons (Fsp3) is 0.219. The summed E-state index contributed by atoms with van der Waals surface area (Å²) >= 11 is 0. The van der Waals surface area contributed by atoms with E-state index in [4.69, 9.17) is 9.72 Å². The first-order valence-corrected chi connectivity index (χ1v) is 13.2. The van der Waals surface area contributed by atoms with E-state index in [0.29, 0.717) is 46.9 Å². The van der Waals surface area contributed by atoms with E-state index < -0.39 is 6.04 Å². The maximum atomic E-state index is 14.0. The van der Waals surface area contributed by atoms with Gasteiger partial charge in [-0.1, -0.05) is 48.5 Å².